The number of urea groups is 1. The molecule has 186 valence electrons. The zero-order valence-corrected chi connectivity index (χ0v) is 19.2. The van der Waals surface area contributed by atoms with Crippen LogP contribution in [0.5, 0.6) is 0 Å². The molecule has 0 saturated carbocycles. The van der Waals surface area contributed by atoms with Crippen molar-refractivity contribution in [3.8, 4) is 0 Å². The van der Waals surface area contributed by atoms with Gasteiger partial charge in [-0.2, -0.15) is 13.2 Å². The van der Waals surface area contributed by atoms with Crippen molar-refractivity contribution in [3.63, 3.8) is 0 Å². The lowest BCUT2D eigenvalue weighted by atomic mass is 10.0. The first-order valence-corrected chi connectivity index (χ1v) is 10.6. The summed E-state index contributed by atoms with van der Waals surface area (Å²) in [5.41, 5.74) is 1.80. The number of amides is 2. The average molecular weight is 485 g/mol. The highest BCUT2D eigenvalue weighted by Crippen LogP contribution is 2.26. The number of aromatic nitrogens is 2. The molecule has 34 heavy (non-hydrogen) atoms. The van der Waals surface area contributed by atoms with Crippen LogP contribution < -0.4 is 15.5 Å². The van der Waals surface area contributed by atoms with E-state index in [-0.39, 0.29) is 24.5 Å². The fourth-order valence-corrected chi connectivity index (χ4v) is 3.14. The van der Waals surface area contributed by atoms with E-state index in [4.69, 9.17) is 4.42 Å². The molecule has 0 radical (unpaired) electrons. The van der Waals surface area contributed by atoms with E-state index in [0.29, 0.717) is 34.9 Å². The topological polar surface area (TPSA) is 104 Å². The van der Waals surface area contributed by atoms with Gasteiger partial charge in [-0.25, -0.2) is 19.2 Å². The van der Waals surface area contributed by atoms with Crippen molar-refractivity contribution in [3.05, 3.63) is 47.7 Å². The third-order valence-corrected chi connectivity index (χ3v) is 4.99. The van der Waals surface area contributed by atoms with E-state index in [0.717, 1.165) is 5.56 Å². The number of nitrogens with zero attached hydrogens (tertiary/aromatic N) is 3. The number of rotatable bonds is 4. The van der Waals surface area contributed by atoms with Crippen LogP contribution in [0.1, 0.15) is 32.1 Å². The number of hydrogen-bond donors (Lipinski definition) is 3. The molecule has 3 N–H and O–H groups in total. The number of nitrogens with one attached hydrogen (secondary N) is 2. The van der Waals surface area contributed by atoms with Crippen molar-refractivity contribution >= 4 is 28.6 Å². The second kappa shape index (κ2) is 12.2. The molecule has 3 aromatic rings. The lowest BCUT2D eigenvalue weighted by molar-refractivity contribution is 0.00818. The third kappa shape index (κ3) is 6.80. The van der Waals surface area contributed by atoms with Gasteiger partial charge in [-0.05, 0) is 32.0 Å². The normalized spacial score (nSPS) is 16.7. The Morgan fingerprint density at radius 2 is 1.88 bits per heavy atom. The van der Waals surface area contributed by atoms with Crippen LogP contribution in [0.15, 0.2) is 35.0 Å². The number of furan rings is 1. The summed E-state index contributed by atoms with van der Waals surface area (Å²) in [7, 11) is 0. The van der Waals surface area contributed by atoms with E-state index in [1.165, 1.54) is 24.5 Å². The highest BCUT2D eigenvalue weighted by molar-refractivity contribution is 5.89. The first-order chi connectivity index (χ1) is 16.2. The van der Waals surface area contributed by atoms with E-state index < -0.39 is 12.7 Å². The molecule has 1 aromatic carbocycles. The number of carbonyl (C=O) groups is 1. The number of halogens is 4. The fourth-order valence-electron chi connectivity index (χ4n) is 3.14. The molecule has 1 aliphatic heterocycles. The van der Waals surface area contributed by atoms with Crippen molar-refractivity contribution in [1.82, 2.24) is 15.3 Å². The van der Waals surface area contributed by atoms with Gasteiger partial charge in [-0.15, -0.1) is 0 Å². The smallest absolute Gasteiger partial charge is 0.379 e. The molecule has 0 aliphatic carbocycles. The maximum atomic E-state index is 13.4. The molecule has 2 amide bonds. The summed E-state index contributed by atoms with van der Waals surface area (Å²) in [5.74, 6) is 0.737. The van der Waals surface area contributed by atoms with Crippen LogP contribution in [0.2, 0.25) is 0 Å². The van der Waals surface area contributed by atoms with Gasteiger partial charge in [-0.3, -0.25) is 0 Å². The number of benzene rings is 1. The van der Waals surface area contributed by atoms with Gasteiger partial charge in [-0.1, -0.05) is 13.8 Å². The first-order valence-electron chi connectivity index (χ1n) is 10.6. The van der Waals surface area contributed by atoms with E-state index in [9.17, 15) is 27.5 Å². The molecule has 2 atom stereocenters. The standard InChI is InChI=1S/C19H20FN5O3.C2H6.CHF3/c1-10-14-5-12(20)3-4-16(14)28-17(10)8-23-19(27)24-13-6-21-18(22-7-13)25-9-15(26)11(25)2;1-2;2-1(3)4/h3-7,11,15,26H,8-9H2,1-2H3,(H2,23,24,27);1-2H3;1H/t11-,15?;;/m1../s1. The summed E-state index contributed by atoms with van der Waals surface area (Å²) in [6.07, 6.45) is 2.65. The number of fused-ring (bicyclic) bond motifs is 1. The molecule has 3 heterocycles. The predicted octanol–water partition coefficient (Wildman–Crippen LogP) is 4.77. The zero-order valence-electron chi connectivity index (χ0n) is 19.2. The summed E-state index contributed by atoms with van der Waals surface area (Å²) in [6.45, 7) is 4.71. The summed E-state index contributed by atoms with van der Waals surface area (Å²) in [4.78, 5) is 22.4. The Morgan fingerprint density at radius 3 is 2.44 bits per heavy atom. The lowest BCUT2D eigenvalue weighted by Gasteiger charge is -2.43. The highest BCUT2D eigenvalue weighted by Gasteiger charge is 2.35. The minimum absolute atomic E-state index is 0.0253. The van der Waals surface area contributed by atoms with Crippen LogP contribution in [-0.4, -0.2) is 46.5 Å². The number of β-amino-alcohol motifs (C(OH)–C–C–N with tert-alkyl or cyclic N) is 1. The number of carbonyl (C=O) groups excluding carboxylic acids is 1. The largest absolute Gasteiger partial charge is 0.459 e. The lowest BCUT2D eigenvalue weighted by Crippen LogP contribution is -2.59. The van der Waals surface area contributed by atoms with E-state index in [2.05, 4.69) is 20.6 Å². The Labute approximate surface area is 194 Å². The molecule has 1 saturated heterocycles. The van der Waals surface area contributed by atoms with E-state index in [1.54, 1.807) is 6.07 Å². The van der Waals surface area contributed by atoms with Gasteiger partial charge >= 0.3 is 12.7 Å². The quantitative estimate of drug-likeness (QED) is 0.460. The summed E-state index contributed by atoms with van der Waals surface area (Å²) in [6, 6.07) is 3.85. The molecule has 12 heteroatoms. The van der Waals surface area contributed by atoms with Gasteiger partial charge in [0.25, 0.3) is 0 Å². The number of aliphatic hydroxyl groups is 1. The number of anilines is 2. The molecule has 1 fully saturated rings. The maximum absolute atomic E-state index is 13.4. The van der Waals surface area contributed by atoms with Gasteiger partial charge in [0.15, 0.2) is 0 Å². The monoisotopic (exact) mass is 485 g/mol. The van der Waals surface area contributed by atoms with Crippen molar-refractivity contribution in [2.45, 2.75) is 53.1 Å². The molecule has 2 aromatic heterocycles. The Bertz CT molecular complexity index is 1080. The second-order valence-corrected chi connectivity index (χ2v) is 7.08. The average Bonchev–Trinajstić information content (AvgIpc) is 3.12. The molecule has 1 aliphatic rings. The van der Waals surface area contributed by atoms with Crippen LogP contribution in [0.25, 0.3) is 11.0 Å². The van der Waals surface area contributed by atoms with E-state index in [1.807, 2.05) is 32.6 Å². The molecular formula is C22H27F4N5O3. The molecule has 4 rings (SSSR count). The summed E-state index contributed by atoms with van der Waals surface area (Å²) < 4.78 is 48.1. The number of aliphatic hydroxyl groups excluding tert-OH is 1. The second-order valence-electron chi connectivity index (χ2n) is 7.08. The van der Waals surface area contributed by atoms with Crippen molar-refractivity contribution in [1.29, 1.82) is 0 Å². The molecule has 1 unspecified atom stereocenters. The summed E-state index contributed by atoms with van der Waals surface area (Å²) >= 11 is 0. The molecule has 0 spiro atoms. The highest BCUT2D eigenvalue weighted by atomic mass is 19.4. The minimum Gasteiger partial charge on any atom is -0.459 e. The SMILES string of the molecule is CC.Cc1c(CNC(=O)Nc2cnc(N3CC(O)[C@H]3C)nc2)oc2ccc(F)cc12.FC(F)F. The van der Waals surface area contributed by atoms with Gasteiger partial charge in [0.1, 0.15) is 17.2 Å². The van der Waals surface area contributed by atoms with Crippen LogP contribution >= 0.6 is 0 Å². The molecule has 0 bridgehead atoms. The maximum Gasteiger partial charge on any atom is 0.379 e. The third-order valence-electron chi connectivity index (χ3n) is 4.99. The predicted molar refractivity (Wildman–Crippen MR) is 120 cm³/mol. The number of hydrogen-bond acceptors (Lipinski definition) is 6. The Morgan fingerprint density at radius 1 is 1.26 bits per heavy atom. The number of alkyl halides is 3. The van der Waals surface area contributed by atoms with Crippen molar-refractivity contribution in [2.24, 2.45) is 0 Å². The fraction of sp³-hybridized carbons (Fsp3) is 0.409. The van der Waals surface area contributed by atoms with Gasteiger partial charge in [0.2, 0.25) is 5.95 Å². The Hall–Kier alpha value is -3.41. The van der Waals surface area contributed by atoms with Crippen LogP contribution in [0.4, 0.5) is 34.0 Å². The van der Waals surface area contributed by atoms with Crippen molar-refractivity contribution in [2.75, 3.05) is 16.8 Å². The van der Waals surface area contributed by atoms with Gasteiger partial charge < -0.3 is 25.1 Å². The van der Waals surface area contributed by atoms with E-state index >= 15 is 0 Å². The van der Waals surface area contributed by atoms with Crippen LogP contribution in [-0.2, 0) is 6.54 Å². The van der Waals surface area contributed by atoms with Crippen LogP contribution in [0.3, 0.4) is 0 Å². The Balaban J connectivity index is 0.000000618. The van der Waals surface area contributed by atoms with Crippen LogP contribution in [0, 0.1) is 12.7 Å². The Kier molecular flexibility index (Phi) is 9.60. The molecule has 8 nitrogen and oxygen atoms in total. The van der Waals surface area contributed by atoms with Crippen molar-refractivity contribution < 1.29 is 31.9 Å². The minimum atomic E-state index is -3.67. The zero-order chi connectivity index (χ0) is 25.4. The first kappa shape index (κ1) is 26.8. The number of aryl methyl sites for hydroxylation is 1. The van der Waals surface area contributed by atoms with Gasteiger partial charge in [0.05, 0.1) is 36.8 Å². The summed E-state index contributed by atoms with van der Waals surface area (Å²) in [5, 5.41) is 15.6. The molecular weight excluding hydrogens is 458 g/mol. The van der Waals surface area contributed by atoms with Gasteiger partial charge in [0, 0.05) is 17.5 Å².